The van der Waals surface area contributed by atoms with Gasteiger partial charge in [-0.15, -0.1) is 0 Å². The van der Waals surface area contributed by atoms with Crippen molar-refractivity contribution in [2.24, 2.45) is 11.8 Å². The Morgan fingerprint density at radius 2 is 1.89 bits per heavy atom. The lowest BCUT2D eigenvalue weighted by atomic mass is 9.80. The molecular formula is C27H32F2N4O2. The van der Waals surface area contributed by atoms with Crippen LogP contribution in [-0.2, 0) is 5.92 Å². The van der Waals surface area contributed by atoms with Gasteiger partial charge in [-0.05, 0) is 68.6 Å². The number of alkyl halides is 2. The van der Waals surface area contributed by atoms with Crippen LogP contribution >= 0.6 is 0 Å². The van der Waals surface area contributed by atoms with Gasteiger partial charge in [0, 0.05) is 24.6 Å². The first kappa shape index (κ1) is 23.7. The summed E-state index contributed by atoms with van der Waals surface area (Å²) in [6.07, 6.45) is 8.71. The average Bonchev–Trinajstić information content (AvgIpc) is 3.55. The molecule has 1 N–H and O–H groups in total. The van der Waals surface area contributed by atoms with Gasteiger partial charge in [-0.1, -0.05) is 19.9 Å². The molecule has 2 fully saturated rings. The molecule has 0 bridgehead atoms. The Labute approximate surface area is 204 Å². The zero-order chi connectivity index (χ0) is 24.7. The molecule has 8 heteroatoms. The topological polar surface area (TPSA) is 69.0 Å². The summed E-state index contributed by atoms with van der Waals surface area (Å²) in [6, 6.07) is 8.14. The van der Waals surface area contributed by atoms with E-state index in [9.17, 15) is 13.6 Å². The van der Waals surface area contributed by atoms with Crippen LogP contribution in [-0.4, -0.2) is 26.8 Å². The minimum atomic E-state index is -3.13. The Balaban J connectivity index is 1.41. The van der Waals surface area contributed by atoms with Gasteiger partial charge in [0.1, 0.15) is 17.1 Å². The second-order valence-corrected chi connectivity index (χ2v) is 10.4. The minimum Gasteiger partial charge on any atom is -0.488 e. The van der Waals surface area contributed by atoms with Gasteiger partial charge in [0.25, 0.3) is 11.8 Å². The SMILES string of the molecule is CC(C)C1CCC(n2cc3cc(NC(=O)c4cccc(C(C)(F)F)n4)c(OC4CC4)cc3n2)CC1. The fourth-order valence-electron chi connectivity index (χ4n) is 4.84. The molecule has 0 spiro atoms. The normalized spacial score (nSPS) is 20.9. The lowest BCUT2D eigenvalue weighted by Crippen LogP contribution is -2.21. The average molecular weight is 483 g/mol. The quantitative estimate of drug-likeness (QED) is 0.406. The van der Waals surface area contributed by atoms with Crippen LogP contribution in [0.1, 0.15) is 81.5 Å². The zero-order valence-electron chi connectivity index (χ0n) is 20.4. The highest BCUT2D eigenvalue weighted by atomic mass is 19.3. The number of hydrogen-bond acceptors (Lipinski definition) is 4. The summed E-state index contributed by atoms with van der Waals surface area (Å²) in [5.41, 5.74) is 0.797. The highest BCUT2D eigenvalue weighted by molar-refractivity contribution is 6.05. The van der Waals surface area contributed by atoms with E-state index in [0.29, 0.717) is 23.4 Å². The summed E-state index contributed by atoms with van der Waals surface area (Å²) in [5.74, 6) is -1.66. The van der Waals surface area contributed by atoms with Gasteiger partial charge in [0.15, 0.2) is 0 Å². The maximum Gasteiger partial charge on any atom is 0.287 e. The van der Waals surface area contributed by atoms with Crippen LogP contribution in [0.4, 0.5) is 14.5 Å². The second-order valence-electron chi connectivity index (χ2n) is 10.4. The van der Waals surface area contributed by atoms with E-state index in [1.807, 2.05) is 18.3 Å². The molecule has 6 nitrogen and oxygen atoms in total. The molecule has 0 radical (unpaired) electrons. The van der Waals surface area contributed by atoms with Gasteiger partial charge in [-0.25, -0.2) is 4.98 Å². The van der Waals surface area contributed by atoms with Crippen LogP contribution in [0.2, 0.25) is 0 Å². The number of ether oxygens (including phenoxy) is 1. The van der Waals surface area contributed by atoms with E-state index in [1.54, 1.807) is 0 Å². The molecule has 2 aliphatic rings. The Kier molecular flexibility index (Phi) is 6.23. The monoisotopic (exact) mass is 482 g/mol. The van der Waals surface area contributed by atoms with Crippen molar-refractivity contribution in [2.45, 2.75) is 77.4 Å². The highest BCUT2D eigenvalue weighted by Gasteiger charge is 2.29. The maximum absolute atomic E-state index is 13.7. The van der Waals surface area contributed by atoms with Crippen molar-refractivity contribution in [1.82, 2.24) is 14.8 Å². The predicted molar refractivity (Wildman–Crippen MR) is 131 cm³/mol. The lowest BCUT2D eigenvalue weighted by molar-refractivity contribution is 0.0126. The smallest absolute Gasteiger partial charge is 0.287 e. The van der Waals surface area contributed by atoms with E-state index >= 15 is 0 Å². The van der Waals surface area contributed by atoms with Crippen molar-refractivity contribution < 1.29 is 18.3 Å². The number of carbonyl (C=O) groups excluding carboxylic acids is 1. The van der Waals surface area contributed by atoms with Crippen molar-refractivity contribution in [3.8, 4) is 5.75 Å². The molecule has 0 aliphatic heterocycles. The van der Waals surface area contributed by atoms with Crippen molar-refractivity contribution in [2.75, 3.05) is 5.32 Å². The van der Waals surface area contributed by atoms with Crippen molar-refractivity contribution >= 4 is 22.5 Å². The third-order valence-electron chi connectivity index (χ3n) is 7.18. The van der Waals surface area contributed by atoms with Crippen molar-refractivity contribution in [3.05, 3.63) is 47.9 Å². The molecule has 2 saturated carbocycles. The Bertz CT molecular complexity index is 1220. The number of halogens is 2. The summed E-state index contributed by atoms with van der Waals surface area (Å²) < 4.78 is 35.5. The predicted octanol–water partition coefficient (Wildman–Crippen LogP) is 6.72. The third-order valence-corrected chi connectivity index (χ3v) is 7.18. The number of anilines is 1. The number of nitrogens with one attached hydrogen (secondary N) is 1. The number of benzene rings is 1. The van der Waals surface area contributed by atoms with Crippen LogP contribution in [0.3, 0.4) is 0 Å². The van der Waals surface area contributed by atoms with Crippen molar-refractivity contribution in [1.29, 1.82) is 0 Å². The number of carbonyl (C=O) groups is 1. The first-order valence-electron chi connectivity index (χ1n) is 12.5. The number of rotatable bonds is 7. The molecule has 2 aromatic heterocycles. The standard InChI is InChI=1S/C27H32F2N4O2/c1-16(2)17-7-9-19(10-8-17)33-15-18-13-23(24(14-22(18)32-33)35-20-11-12-20)31-26(34)21-5-4-6-25(30-21)27(3,28)29/h4-6,13-17,19-20H,7-12H2,1-3H3,(H,31,34). The fourth-order valence-corrected chi connectivity index (χ4v) is 4.84. The molecule has 35 heavy (non-hydrogen) atoms. The van der Waals surface area contributed by atoms with E-state index in [2.05, 4.69) is 28.8 Å². The van der Waals surface area contributed by atoms with Gasteiger partial charge in [-0.3, -0.25) is 9.48 Å². The molecule has 2 heterocycles. The molecule has 2 aliphatic carbocycles. The summed E-state index contributed by atoms with van der Waals surface area (Å²) >= 11 is 0. The van der Waals surface area contributed by atoms with Crippen LogP contribution in [0.15, 0.2) is 36.5 Å². The van der Waals surface area contributed by atoms with Crippen LogP contribution in [0.5, 0.6) is 5.75 Å². The first-order chi connectivity index (χ1) is 16.7. The Morgan fingerprint density at radius 3 is 2.54 bits per heavy atom. The van der Waals surface area contributed by atoms with E-state index < -0.39 is 17.5 Å². The molecular weight excluding hydrogens is 450 g/mol. The summed E-state index contributed by atoms with van der Waals surface area (Å²) in [5, 5.41) is 8.57. The number of amides is 1. The molecule has 186 valence electrons. The van der Waals surface area contributed by atoms with Crippen LogP contribution in [0.25, 0.3) is 10.9 Å². The number of aromatic nitrogens is 3. The van der Waals surface area contributed by atoms with E-state index in [4.69, 9.17) is 9.84 Å². The number of pyridine rings is 1. The van der Waals surface area contributed by atoms with Crippen molar-refractivity contribution in [3.63, 3.8) is 0 Å². The van der Waals surface area contributed by atoms with E-state index in [-0.39, 0.29) is 11.8 Å². The highest BCUT2D eigenvalue weighted by Crippen LogP contribution is 2.38. The zero-order valence-corrected chi connectivity index (χ0v) is 20.4. The Hall–Kier alpha value is -3.03. The largest absolute Gasteiger partial charge is 0.488 e. The Morgan fingerprint density at radius 1 is 1.14 bits per heavy atom. The minimum absolute atomic E-state index is 0.0703. The summed E-state index contributed by atoms with van der Waals surface area (Å²) in [4.78, 5) is 16.8. The summed E-state index contributed by atoms with van der Waals surface area (Å²) in [7, 11) is 0. The maximum atomic E-state index is 13.7. The molecule has 0 unspecified atom stereocenters. The molecule has 0 saturated heterocycles. The third kappa shape index (κ3) is 5.31. The molecule has 0 atom stereocenters. The molecule has 1 aromatic carbocycles. The molecule has 3 aromatic rings. The fraction of sp³-hybridized carbons (Fsp3) is 0.519. The number of nitrogens with zero attached hydrogens (tertiary/aromatic N) is 3. The first-order valence-corrected chi connectivity index (χ1v) is 12.5. The van der Waals surface area contributed by atoms with Gasteiger partial charge in [0.2, 0.25) is 0 Å². The van der Waals surface area contributed by atoms with Gasteiger partial charge < -0.3 is 10.1 Å². The molecule has 1 amide bonds. The second kappa shape index (κ2) is 9.21. The summed E-state index contributed by atoms with van der Waals surface area (Å²) in [6.45, 7) is 5.35. The van der Waals surface area contributed by atoms with Gasteiger partial charge in [-0.2, -0.15) is 13.9 Å². The number of fused-ring (bicyclic) bond motifs is 1. The van der Waals surface area contributed by atoms with Gasteiger partial charge in [0.05, 0.1) is 23.3 Å². The lowest BCUT2D eigenvalue weighted by Gasteiger charge is -2.30. The molecule has 5 rings (SSSR count). The van der Waals surface area contributed by atoms with Gasteiger partial charge >= 0.3 is 0 Å². The van der Waals surface area contributed by atoms with E-state index in [1.165, 1.54) is 31.0 Å². The van der Waals surface area contributed by atoms with Crippen LogP contribution in [0, 0.1) is 11.8 Å². The van der Waals surface area contributed by atoms with Crippen LogP contribution < -0.4 is 10.1 Å². The van der Waals surface area contributed by atoms with E-state index in [0.717, 1.165) is 49.4 Å². The number of hydrogen-bond donors (Lipinski definition) is 1.